The number of anilines is 2. The van der Waals surface area contributed by atoms with Gasteiger partial charge in [0.2, 0.25) is 5.95 Å². The van der Waals surface area contributed by atoms with E-state index in [0.717, 1.165) is 44.5 Å². The monoisotopic (exact) mass is 520 g/mol. The predicted octanol–water partition coefficient (Wildman–Crippen LogP) is 3.97. The summed E-state index contributed by atoms with van der Waals surface area (Å²) in [6.07, 6.45) is 4.89. The minimum absolute atomic E-state index is 0.0777. The number of nitrogens with zero attached hydrogens (tertiary/aromatic N) is 6. The molecular weight excluding hydrogens is 490 g/mol. The highest BCUT2D eigenvalue weighted by Crippen LogP contribution is 2.32. The third kappa shape index (κ3) is 4.72. The number of halogens is 2. The lowest BCUT2D eigenvalue weighted by atomic mass is 10.0. The molecule has 0 aliphatic carbocycles. The van der Waals surface area contributed by atoms with Crippen LogP contribution in [0.2, 0.25) is 0 Å². The van der Waals surface area contributed by atoms with E-state index in [4.69, 9.17) is 4.74 Å². The number of ether oxygens (including phenoxy) is 1. The third-order valence-corrected chi connectivity index (χ3v) is 7.14. The van der Waals surface area contributed by atoms with Crippen LogP contribution in [0.15, 0.2) is 36.8 Å². The van der Waals surface area contributed by atoms with Gasteiger partial charge in [0.05, 0.1) is 24.4 Å². The normalized spacial score (nSPS) is 19.8. The Bertz CT molecular complexity index is 1460. The standard InChI is InChI=1S/C27H30F2N8O/c1-15(2)37-16(3)34-26-20(28)6-18(7-23(26)37)19-8-25(31-11-21(19)29)35-27-32-9-17(10-33-27)12-36-13-22-24(14-36)38-5-4-30-22/h6-11,15,22,24,30H,4-5,12-14H2,1-3H3,(H,31,32,33,35). The molecule has 6 rings (SSSR count). The number of morpholine rings is 1. The van der Waals surface area contributed by atoms with E-state index in [1.165, 1.54) is 12.1 Å². The van der Waals surface area contributed by atoms with Gasteiger partial charge < -0.3 is 19.9 Å². The van der Waals surface area contributed by atoms with Crippen molar-refractivity contribution in [3.8, 4) is 11.1 Å². The fourth-order valence-electron chi connectivity index (χ4n) is 5.48. The van der Waals surface area contributed by atoms with Crippen LogP contribution >= 0.6 is 0 Å². The molecule has 2 unspecified atom stereocenters. The van der Waals surface area contributed by atoms with Gasteiger partial charge in [-0.3, -0.25) is 4.90 Å². The largest absolute Gasteiger partial charge is 0.374 e. The zero-order valence-electron chi connectivity index (χ0n) is 21.6. The fourth-order valence-corrected chi connectivity index (χ4v) is 5.48. The predicted molar refractivity (Wildman–Crippen MR) is 140 cm³/mol. The Kier molecular flexibility index (Phi) is 6.50. The molecule has 198 valence electrons. The SMILES string of the molecule is Cc1nc2c(F)cc(-c3cc(Nc4ncc(CN5CC6NCCOC6C5)cn4)ncc3F)cc2n1C(C)C. The molecule has 2 aliphatic rings. The zero-order valence-corrected chi connectivity index (χ0v) is 21.6. The molecule has 2 saturated heterocycles. The van der Waals surface area contributed by atoms with Gasteiger partial charge in [0.1, 0.15) is 23.0 Å². The molecule has 0 radical (unpaired) electrons. The van der Waals surface area contributed by atoms with Gasteiger partial charge in [-0.05, 0) is 44.5 Å². The number of fused-ring (bicyclic) bond motifs is 2. The molecule has 0 spiro atoms. The van der Waals surface area contributed by atoms with Crippen molar-refractivity contribution in [2.45, 2.75) is 45.5 Å². The van der Waals surface area contributed by atoms with E-state index in [1.54, 1.807) is 18.5 Å². The average Bonchev–Trinajstić information content (AvgIpc) is 3.46. The Morgan fingerprint density at radius 1 is 1.08 bits per heavy atom. The second-order valence-corrected chi connectivity index (χ2v) is 10.2. The Labute approximate surface area is 219 Å². The summed E-state index contributed by atoms with van der Waals surface area (Å²) in [5.41, 5.74) is 2.51. The zero-order chi connectivity index (χ0) is 26.4. The van der Waals surface area contributed by atoms with Crippen molar-refractivity contribution in [2.75, 3.05) is 31.6 Å². The highest BCUT2D eigenvalue weighted by molar-refractivity contribution is 5.84. The molecule has 11 heteroatoms. The van der Waals surface area contributed by atoms with Gasteiger partial charge in [0.15, 0.2) is 5.82 Å². The lowest BCUT2D eigenvalue weighted by Crippen LogP contribution is -2.47. The van der Waals surface area contributed by atoms with Gasteiger partial charge in [-0.15, -0.1) is 0 Å². The van der Waals surface area contributed by atoms with Gasteiger partial charge in [0, 0.05) is 61.8 Å². The highest BCUT2D eigenvalue weighted by atomic mass is 19.1. The number of pyridine rings is 1. The number of hydrogen-bond acceptors (Lipinski definition) is 8. The molecule has 0 saturated carbocycles. The first kappa shape index (κ1) is 24.8. The van der Waals surface area contributed by atoms with Crippen LogP contribution in [0.3, 0.4) is 0 Å². The topological polar surface area (TPSA) is 93.0 Å². The molecule has 2 fully saturated rings. The van der Waals surface area contributed by atoms with Crippen LogP contribution in [-0.2, 0) is 11.3 Å². The second kappa shape index (κ2) is 9.97. The molecule has 0 amide bonds. The molecule has 1 aromatic carbocycles. The minimum atomic E-state index is -0.553. The highest BCUT2D eigenvalue weighted by Gasteiger charge is 2.35. The van der Waals surface area contributed by atoms with Crippen LogP contribution in [0.5, 0.6) is 0 Å². The molecule has 2 aliphatic heterocycles. The quantitative estimate of drug-likeness (QED) is 0.395. The Morgan fingerprint density at radius 2 is 1.89 bits per heavy atom. The van der Waals surface area contributed by atoms with Crippen LogP contribution in [0.1, 0.15) is 31.3 Å². The van der Waals surface area contributed by atoms with Crippen molar-refractivity contribution in [3.05, 3.63) is 59.8 Å². The van der Waals surface area contributed by atoms with Crippen LogP contribution in [-0.4, -0.2) is 67.8 Å². The first-order chi connectivity index (χ1) is 18.4. The summed E-state index contributed by atoms with van der Waals surface area (Å²) < 4.78 is 37.6. The Morgan fingerprint density at radius 3 is 2.66 bits per heavy atom. The molecule has 38 heavy (non-hydrogen) atoms. The molecule has 2 N–H and O–H groups in total. The van der Waals surface area contributed by atoms with Gasteiger partial charge in [-0.2, -0.15) is 0 Å². The fraction of sp³-hybridized carbons (Fsp3) is 0.407. The van der Waals surface area contributed by atoms with E-state index in [-0.39, 0.29) is 23.2 Å². The Hall–Kier alpha value is -3.54. The van der Waals surface area contributed by atoms with Crippen molar-refractivity contribution < 1.29 is 13.5 Å². The molecule has 2 atom stereocenters. The summed E-state index contributed by atoms with van der Waals surface area (Å²) >= 11 is 0. The lowest BCUT2D eigenvalue weighted by Gasteiger charge is -2.25. The molecular formula is C27H30F2N8O. The van der Waals surface area contributed by atoms with Gasteiger partial charge in [0.25, 0.3) is 0 Å². The van der Waals surface area contributed by atoms with Crippen molar-refractivity contribution in [1.82, 2.24) is 34.7 Å². The van der Waals surface area contributed by atoms with Crippen LogP contribution in [0.25, 0.3) is 22.2 Å². The summed E-state index contributed by atoms with van der Waals surface area (Å²) in [6, 6.07) is 5.06. The van der Waals surface area contributed by atoms with E-state index in [1.807, 2.05) is 25.3 Å². The summed E-state index contributed by atoms with van der Waals surface area (Å²) in [4.78, 5) is 19.7. The maximum atomic E-state index is 15.0. The van der Waals surface area contributed by atoms with Gasteiger partial charge >= 0.3 is 0 Å². The first-order valence-corrected chi connectivity index (χ1v) is 12.8. The number of hydrogen-bond donors (Lipinski definition) is 2. The number of benzene rings is 1. The molecule has 4 aromatic rings. The maximum absolute atomic E-state index is 15.0. The van der Waals surface area contributed by atoms with E-state index in [0.29, 0.717) is 34.7 Å². The van der Waals surface area contributed by atoms with Crippen LogP contribution in [0, 0.1) is 18.6 Å². The summed E-state index contributed by atoms with van der Waals surface area (Å²) in [6.45, 7) is 10.0. The summed E-state index contributed by atoms with van der Waals surface area (Å²) in [7, 11) is 0. The Balaban J connectivity index is 1.20. The molecule has 0 bridgehead atoms. The smallest absolute Gasteiger partial charge is 0.228 e. The average molecular weight is 521 g/mol. The molecule has 5 heterocycles. The summed E-state index contributed by atoms with van der Waals surface area (Å²) in [5.74, 6) is 0.355. The lowest BCUT2D eigenvalue weighted by molar-refractivity contribution is 0.0175. The third-order valence-electron chi connectivity index (χ3n) is 7.14. The van der Waals surface area contributed by atoms with Gasteiger partial charge in [-0.1, -0.05) is 0 Å². The number of aryl methyl sites for hydroxylation is 1. The van der Waals surface area contributed by atoms with Crippen molar-refractivity contribution in [3.63, 3.8) is 0 Å². The minimum Gasteiger partial charge on any atom is -0.374 e. The van der Waals surface area contributed by atoms with Crippen molar-refractivity contribution in [2.24, 2.45) is 0 Å². The second-order valence-electron chi connectivity index (χ2n) is 10.2. The van der Waals surface area contributed by atoms with E-state index in [2.05, 4.69) is 35.5 Å². The van der Waals surface area contributed by atoms with E-state index < -0.39 is 11.6 Å². The number of rotatable bonds is 6. The van der Waals surface area contributed by atoms with E-state index >= 15 is 0 Å². The van der Waals surface area contributed by atoms with Crippen LogP contribution < -0.4 is 10.6 Å². The van der Waals surface area contributed by atoms with Gasteiger partial charge in [-0.25, -0.2) is 28.7 Å². The van der Waals surface area contributed by atoms with Crippen LogP contribution in [0.4, 0.5) is 20.5 Å². The van der Waals surface area contributed by atoms with Crippen molar-refractivity contribution >= 4 is 22.8 Å². The maximum Gasteiger partial charge on any atom is 0.228 e. The number of imidazole rings is 1. The number of aromatic nitrogens is 5. The number of likely N-dealkylation sites (tertiary alicyclic amines) is 1. The molecule has 3 aromatic heterocycles. The van der Waals surface area contributed by atoms with Crippen molar-refractivity contribution in [1.29, 1.82) is 0 Å². The summed E-state index contributed by atoms with van der Waals surface area (Å²) in [5, 5.41) is 6.54. The first-order valence-electron chi connectivity index (χ1n) is 12.8. The molecule has 9 nitrogen and oxygen atoms in total. The number of nitrogens with one attached hydrogen (secondary N) is 2. The van der Waals surface area contributed by atoms with E-state index in [9.17, 15) is 8.78 Å².